The van der Waals surface area contributed by atoms with E-state index in [2.05, 4.69) is 18.0 Å². The van der Waals surface area contributed by atoms with Gasteiger partial charge in [0.05, 0.1) is 6.61 Å². The number of aryl methyl sites for hydroxylation is 1. The third-order valence-electron chi connectivity index (χ3n) is 2.29. The number of ether oxygens (including phenoxy) is 1. The van der Waals surface area contributed by atoms with Crippen LogP contribution in [0.25, 0.3) is 0 Å². The summed E-state index contributed by atoms with van der Waals surface area (Å²) < 4.78 is 4.70. The predicted octanol–water partition coefficient (Wildman–Crippen LogP) is 3.57. The first kappa shape index (κ1) is 18.0. The highest BCUT2D eigenvalue weighted by molar-refractivity contribution is 5.99. The van der Waals surface area contributed by atoms with Gasteiger partial charge in [-0.3, -0.25) is 4.98 Å². The Labute approximate surface area is 121 Å². The van der Waals surface area contributed by atoms with Crippen LogP contribution in [0.3, 0.4) is 0 Å². The number of allylic oxidation sites excluding steroid dienone is 1. The Morgan fingerprint density at radius 3 is 2.55 bits per heavy atom. The topological polar surface area (TPSA) is 63.0 Å². The molecule has 0 aliphatic heterocycles. The first-order chi connectivity index (χ1) is 9.51. The van der Waals surface area contributed by atoms with Gasteiger partial charge in [-0.1, -0.05) is 19.4 Å². The molecule has 110 valence electrons. The van der Waals surface area contributed by atoms with Gasteiger partial charge in [0.1, 0.15) is 0 Å². The number of nitrogens with zero attached hydrogens (tertiary/aromatic N) is 1. The molecule has 0 fully saturated rings. The highest BCUT2D eigenvalue weighted by atomic mass is 16.5. The second-order valence-corrected chi connectivity index (χ2v) is 4.34. The molecule has 0 bridgehead atoms. The summed E-state index contributed by atoms with van der Waals surface area (Å²) in [5.41, 5.74) is 2.16. The lowest BCUT2D eigenvalue weighted by Crippen LogP contribution is -2.06. The van der Waals surface area contributed by atoms with Crippen LogP contribution in [0.1, 0.15) is 39.7 Å². The van der Waals surface area contributed by atoms with E-state index < -0.39 is 0 Å². The minimum atomic E-state index is -0.348. The molecule has 0 atom stereocenters. The summed E-state index contributed by atoms with van der Waals surface area (Å²) in [4.78, 5) is 14.9. The van der Waals surface area contributed by atoms with Crippen molar-refractivity contribution in [1.29, 1.82) is 5.41 Å². The Bertz CT molecular complexity index is 439. The molecule has 20 heavy (non-hydrogen) atoms. The van der Waals surface area contributed by atoms with Gasteiger partial charge in [0.2, 0.25) is 0 Å². The zero-order valence-electron chi connectivity index (χ0n) is 12.8. The lowest BCUT2D eigenvalue weighted by atomic mass is 10.2. The van der Waals surface area contributed by atoms with E-state index in [1.165, 1.54) is 18.1 Å². The van der Waals surface area contributed by atoms with Gasteiger partial charge < -0.3 is 10.1 Å². The predicted molar refractivity (Wildman–Crippen MR) is 82.0 cm³/mol. The molecule has 0 amide bonds. The number of pyridine rings is 1. The molecule has 0 unspecified atom stereocenters. The summed E-state index contributed by atoms with van der Waals surface area (Å²) in [6.45, 7) is 7.55. The second kappa shape index (κ2) is 10.9. The Morgan fingerprint density at radius 2 is 2.10 bits per heavy atom. The maximum Gasteiger partial charge on any atom is 0.333 e. The van der Waals surface area contributed by atoms with Gasteiger partial charge in [0.15, 0.2) is 0 Å². The van der Waals surface area contributed by atoms with Crippen molar-refractivity contribution in [1.82, 2.24) is 4.98 Å². The molecule has 4 heteroatoms. The summed E-state index contributed by atoms with van der Waals surface area (Å²) in [6.07, 6.45) is 7.56. The summed E-state index contributed by atoms with van der Waals surface area (Å²) in [5.74, 6) is -0.348. The molecule has 0 spiro atoms. The van der Waals surface area contributed by atoms with Crippen molar-refractivity contribution in [3.8, 4) is 0 Å². The molecular formula is C16H24N2O2. The van der Waals surface area contributed by atoms with Crippen LogP contribution in [0.5, 0.6) is 0 Å². The van der Waals surface area contributed by atoms with Crippen LogP contribution in [0, 0.1) is 5.41 Å². The molecule has 1 heterocycles. The van der Waals surface area contributed by atoms with Crippen LogP contribution in [-0.2, 0) is 16.0 Å². The fraction of sp³-hybridized carbons (Fsp3) is 0.438. The molecule has 0 aliphatic rings. The van der Waals surface area contributed by atoms with Crippen LogP contribution >= 0.6 is 0 Å². The molecular weight excluding hydrogens is 252 g/mol. The van der Waals surface area contributed by atoms with E-state index >= 15 is 0 Å². The van der Waals surface area contributed by atoms with Gasteiger partial charge in [-0.15, -0.1) is 0 Å². The van der Waals surface area contributed by atoms with Crippen molar-refractivity contribution in [2.45, 2.75) is 40.5 Å². The smallest absolute Gasteiger partial charge is 0.333 e. The zero-order chi connectivity index (χ0) is 15.4. The third kappa shape index (κ3) is 9.03. The number of rotatable bonds is 5. The zero-order valence-corrected chi connectivity index (χ0v) is 12.8. The van der Waals surface area contributed by atoms with Gasteiger partial charge in [0.25, 0.3) is 0 Å². The third-order valence-corrected chi connectivity index (χ3v) is 2.29. The van der Waals surface area contributed by atoms with E-state index in [9.17, 15) is 4.79 Å². The summed E-state index contributed by atoms with van der Waals surface area (Å²) in [7, 11) is 0. The Kier molecular flexibility index (Phi) is 9.83. The number of hydrogen-bond acceptors (Lipinski definition) is 4. The fourth-order valence-corrected chi connectivity index (χ4v) is 1.46. The van der Waals surface area contributed by atoms with Crippen LogP contribution < -0.4 is 0 Å². The van der Waals surface area contributed by atoms with E-state index in [1.807, 2.05) is 12.3 Å². The molecule has 0 aliphatic carbocycles. The first-order valence-electron chi connectivity index (χ1n) is 6.80. The highest BCUT2D eigenvalue weighted by Crippen LogP contribution is 1.98. The molecule has 0 radical (unpaired) electrons. The molecule has 1 N–H and O–H groups in total. The lowest BCUT2D eigenvalue weighted by molar-refractivity contribution is -0.138. The number of carbonyl (C=O) groups excluding carboxylic acids is 1. The lowest BCUT2D eigenvalue weighted by Gasteiger charge is -1.99. The average molecular weight is 276 g/mol. The van der Waals surface area contributed by atoms with Crippen LogP contribution in [0.15, 0.2) is 36.2 Å². The van der Waals surface area contributed by atoms with Crippen LogP contribution in [0.4, 0.5) is 0 Å². The van der Waals surface area contributed by atoms with Crippen molar-refractivity contribution in [3.63, 3.8) is 0 Å². The Hall–Kier alpha value is -1.97. The maximum atomic E-state index is 10.9. The van der Waals surface area contributed by atoms with Gasteiger partial charge in [-0.25, -0.2) is 4.79 Å². The summed E-state index contributed by atoms with van der Waals surface area (Å²) >= 11 is 0. The molecule has 1 rings (SSSR count). The molecule has 0 saturated carbocycles. The van der Waals surface area contributed by atoms with Crippen molar-refractivity contribution in [2.75, 3.05) is 6.61 Å². The van der Waals surface area contributed by atoms with Gasteiger partial charge in [-0.05, 0) is 44.9 Å². The second-order valence-electron chi connectivity index (χ2n) is 4.34. The molecule has 0 aromatic carbocycles. The number of hydrogen-bond donors (Lipinski definition) is 1. The number of carbonyl (C=O) groups is 1. The normalized spacial score (nSPS) is 10.3. The van der Waals surface area contributed by atoms with Gasteiger partial charge in [-0.2, -0.15) is 0 Å². The molecule has 1 aromatic rings. The Balaban J connectivity index is 0.000000367. The van der Waals surface area contributed by atoms with E-state index in [1.54, 1.807) is 27.0 Å². The van der Waals surface area contributed by atoms with E-state index in [0.29, 0.717) is 17.9 Å². The van der Waals surface area contributed by atoms with Crippen molar-refractivity contribution in [2.24, 2.45) is 0 Å². The van der Waals surface area contributed by atoms with Crippen LogP contribution in [0.2, 0.25) is 0 Å². The summed E-state index contributed by atoms with van der Waals surface area (Å²) in [5, 5.41) is 7.07. The average Bonchev–Trinajstić information content (AvgIpc) is 2.40. The number of nitrogens with one attached hydrogen (secondary N) is 1. The fourth-order valence-electron chi connectivity index (χ4n) is 1.46. The van der Waals surface area contributed by atoms with Crippen molar-refractivity contribution < 1.29 is 9.53 Å². The van der Waals surface area contributed by atoms with E-state index in [-0.39, 0.29) is 5.97 Å². The van der Waals surface area contributed by atoms with Gasteiger partial charge in [0, 0.05) is 23.7 Å². The molecule has 4 nitrogen and oxygen atoms in total. The molecule has 1 aromatic heterocycles. The van der Waals surface area contributed by atoms with Crippen molar-refractivity contribution in [3.05, 3.63) is 41.7 Å². The number of aromatic nitrogens is 1. The monoisotopic (exact) mass is 276 g/mol. The highest BCUT2D eigenvalue weighted by Gasteiger charge is 2.02. The van der Waals surface area contributed by atoms with Crippen molar-refractivity contribution >= 4 is 11.7 Å². The Morgan fingerprint density at radius 1 is 1.40 bits per heavy atom. The van der Waals surface area contributed by atoms with Crippen LogP contribution in [-0.4, -0.2) is 23.3 Å². The standard InChI is InChI=1S/C8H13NO2.C8H11N/c1-4-11-8(10)6(2)5-7(3)9;1-2-4-8-5-3-6-9-7-8/h5,9H,4H2,1-3H3;3,5-7H,2,4H2,1H3/b6-5+,9-7?;. The quantitative estimate of drug-likeness (QED) is 0.508. The van der Waals surface area contributed by atoms with E-state index in [4.69, 9.17) is 10.1 Å². The minimum absolute atomic E-state index is 0.348. The van der Waals surface area contributed by atoms with Gasteiger partial charge >= 0.3 is 5.97 Å². The summed E-state index contributed by atoms with van der Waals surface area (Å²) in [6, 6.07) is 4.08. The molecule has 0 saturated heterocycles. The SMILES string of the molecule is CCCc1cccnc1.CCOC(=O)/C(C)=C/C(C)=N. The maximum absolute atomic E-state index is 10.9. The largest absolute Gasteiger partial charge is 0.463 e. The van der Waals surface area contributed by atoms with E-state index in [0.717, 1.165) is 6.42 Å². The first-order valence-corrected chi connectivity index (χ1v) is 6.80. The number of esters is 1. The minimum Gasteiger partial charge on any atom is -0.463 e.